The van der Waals surface area contributed by atoms with E-state index in [1.54, 1.807) is 36.5 Å². The molecule has 9 nitrogen and oxygen atoms in total. The Morgan fingerprint density at radius 2 is 1.46 bits per heavy atom. The Morgan fingerprint density at radius 1 is 0.761 bits per heavy atom. The Labute approximate surface area is 266 Å². The number of ether oxygens (including phenoxy) is 2. The van der Waals surface area contributed by atoms with Crippen LogP contribution in [0.1, 0.15) is 52.0 Å². The number of hydrogen-bond donors (Lipinski definition) is 3. The third-order valence-electron chi connectivity index (χ3n) is 7.99. The number of carbonyl (C=O) groups is 3. The van der Waals surface area contributed by atoms with Crippen molar-refractivity contribution < 1.29 is 29.0 Å². The molecule has 1 aliphatic rings. The zero-order valence-electron chi connectivity index (χ0n) is 25.0. The van der Waals surface area contributed by atoms with Crippen molar-refractivity contribution in [2.75, 3.05) is 5.32 Å². The zero-order chi connectivity index (χ0) is 31.9. The van der Waals surface area contributed by atoms with Gasteiger partial charge in [0.1, 0.15) is 11.5 Å². The van der Waals surface area contributed by atoms with Gasteiger partial charge in [-0.1, -0.05) is 54.6 Å². The number of nitrogens with one attached hydrogen (secondary N) is 2. The molecule has 0 bridgehead atoms. The Balaban J connectivity index is 0.951. The van der Waals surface area contributed by atoms with Crippen LogP contribution in [0.3, 0.4) is 0 Å². The number of anilines is 1. The monoisotopic (exact) mass is 615 g/mol. The minimum Gasteiger partial charge on any atom is -0.490 e. The van der Waals surface area contributed by atoms with E-state index in [1.807, 2.05) is 66.7 Å². The first kappa shape index (κ1) is 30.3. The summed E-state index contributed by atoms with van der Waals surface area (Å²) in [5, 5.41) is 17.2. The van der Waals surface area contributed by atoms with E-state index in [1.165, 1.54) is 6.07 Å². The van der Waals surface area contributed by atoms with Gasteiger partial charge in [0, 0.05) is 23.9 Å². The Morgan fingerprint density at radius 3 is 2.22 bits per heavy atom. The molecule has 2 amide bonds. The molecule has 1 aromatic heterocycles. The molecule has 1 heterocycles. The lowest BCUT2D eigenvalue weighted by Gasteiger charge is -2.29. The quantitative estimate of drug-likeness (QED) is 0.154. The van der Waals surface area contributed by atoms with Gasteiger partial charge in [0.05, 0.1) is 23.8 Å². The van der Waals surface area contributed by atoms with Crippen molar-refractivity contribution in [1.82, 2.24) is 10.3 Å². The number of para-hydroxylation sites is 1. The first-order chi connectivity index (χ1) is 22.4. The average Bonchev–Trinajstić information content (AvgIpc) is 3.07. The fourth-order valence-corrected chi connectivity index (χ4v) is 5.65. The summed E-state index contributed by atoms with van der Waals surface area (Å²) in [6, 6.07) is 30.9. The molecule has 0 atom stereocenters. The van der Waals surface area contributed by atoms with Crippen LogP contribution in [0.2, 0.25) is 0 Å². The molecule has 0 saturated heterocycles. The largest absolute Gasteiger partial charge is 0.490 e. The van der Waals surface area contributed by atoms with Gasteiger partial charge in [0.25, 0.3) is 5.91 Å². The van der Waals surface area contributed by atoms with Gasteiger partial charge in [-0.3, -0.25) is 9.59 Å². The molecule has 0 unspecified atom stereocenters. The summed E-state index contributed by atoms with van der Waals surface area (Å²) in [6.45, 7) is 0. The van der Waals surface area contributed by atoms with Crippen LogP contribution in [-0.2, 0) is 11.2 Å². The summed E-state index contributed by atoms with van der Waals surface area (Å²) in [7, 11) is 0. The molecule has 1 aliphatic carbocycles. The van der Waals surface area contributed by atoms with E-state index in [2.05, 4.69) is 15.6 Å². The van der Waals surface area contributed by atoms with Gasteiger partial charge in [-0.25, -0.2) is 9.78 Å². The van der Waals surface area contributed by atoms with E-state index >= 15 is 0 Å². The van der Waals surface area contributed by atoms with E-state index < -0.39 is 5.97 Å². The predicted molar refractivity (Wildman–Crippen MR) is 175 cm³/mol. The summed E-state index contributed by atoms with van der Waals surface area (Å²) in [6.07, 6.45) is 5.05. The summed E-state index contributed by atoms with van der Waals surface area (Å²) in [5.74, 6) is 0.216. The minimum atomic E-state index is -1.11. The minimum absolute atomic E-state index is 0.0278. The molecular formula is C37H33N3O6. The van der Waals surface area contributed by atoms with Gasteiger partial charge in [-0.05, 0) is 84.5 Å². The average molecular weight is 616 g/mol. The number of carboxylic acid groups (broad SMARTS) is 1. The first-order valence-corrected chi connectivity index (χ1v) is 15.2. The van der Waals surface area contributed by atoms with Crippen molar-refractivity contribution >= 4 is 34.2 Å². The standard InChI is InChI=1S/C37H33N3O6/c41-34(40-33-11-4-3-9-32(33)37(43)44)22-24-12-21-35(38-23-24)46-29-19-17-28(18-20-29)45-27-15-13-26(14-16-27)39-36(42)31-10-5-7-25-6-1-2-8-30(25)31/h1-12,17-21,23,26-27H,13-16,22H2,(H,39,42)(H,40,41)(H,43,44). The molecule has 1 saturated carbocycles. The lowest BCUT2D eigenvalue weighted by molar-refractivity contribution is -0.115. The molecule has 0 radical (unpaired) electrons. The maximum atomic E-state index is 13.0. The lowest BCUT2D eigenvalue weighted by Crippen LogP contribution is -2.39. The van der Waals surface area contributed by atoms with Crippen molar-refractivity contribution in [3.63, 3.8) is 0 Å². The highest BCUT2D eigenvalue weighted by atomic mass is 16.5. The number of benzene rings is 4. The number of nitrogens with zero attached hydrogens (tertiary/aromatic N) is 1. The molecule has 46 heavy (non-hydrogen) atoms. The highest BCUT2D eigenvalue weighted by Crippen LogP contribution is 2.28. The molecule has 232 valence electrons. The van der Waals surface area contributed by atoms with Crippen molar-refractivity contribution in [2.45, 2.75) is 44.2 Å². The molecule has 6 rings (SSSR count). The summed E-state index contributed by atoms with van der Waals surface area (Å²) >= 11 is 0. The van der Waals surface area contributed by atoms with Crippen molar-refractivity contribution in [3.8, 4) is 17.4 Å². The molecule has 9 heteroatoms. The van der Waals surface area contributed by atoms with Gasteiger partial charge in [-0.2, -0.15) is 0 Å². The van der Waals surface area contributed by atoms with Gasteiger partial charge >= 0.3 is 5.97 Å². The second kappa shape index (κ2) is 13.9. The van der Waals surface area contributed by atoms with E-state index in [0.717, 1.165) is 42.2 Å². The molecule has 5 aromatic rings. The van der Waals surface area contributed by atoms with E-state index in [-0.39, 0.29) is 41.6 Å². The van der Waals surface area contributed by atoms with Crippen LogP contribution in [0.4, 0.5) is 5.69 Å². The SMILES string of the molecule is O=C(Cc1ccc(Oc2ccc(OC3CCC(NC(=O)c4cccc5ccccc45)CC3)cc2)nc1)Nc1ccccc1C(=O)O. The maximum Gasteiger partial charge on any atom is 0.337 e. The van der Waals surface area contributed by atoms with E-state index in [4.69, 9.17) is 9.47 Å². The van der Waals surface area contributed by atoms with Crippen LogP contribution in [0.15, 0.2) is 109 Å². The van der Waals surface area contributed by atoms with Crippen LogP contribution in [0.25, 0.3) is 10.8 Å². The number of rotatable bonds is 10. The summed E-state index contributed by atoms with van der Waals surface area (Å²) < 4.78 is 12.1. The van der Waals surface area contributed by atoms with Gasteiger partial charge in [0.15, 0.2) is 0 Å². The molecular weight excluding hydrogens is 582 g/mol. The van der Waals surface area contributed by atoms with E-state index in [0.29, 0.717) is 22.8 Å². The number of fused-ring (bicyclic) bond motifs is 1. The molecule has 3 N–H and O–H groups in total. The van der Waals surface area contributed by atoms with Crippen LogP contribution in [-0.4, -0.2) is 40.0 Å². The maximum absolute atomic E-state index is 13.0. The van der Waals surface area contributed by atoms with Crippen LogP contribution < -0.4 is 20.1 Å². The van der Waals surface area contributed by atoms with Crippen molar-refractivity contribution in [2.24, 2.45) is 0 Å². The summed E-state index contributed by atoms with van der Waals surface area (Å²) in [4.78, 5) is 41.2. The van der Waals surface area contributed by atoms with E-state index in [9.17, 15) is 19.5 Å². The number of pyridine rings is 1. The first-order valence-electron chi connectivity index (χ1n) is 15.2. The number of aromatic carboxylic acids is 1. The van der Waals surface area contributed by atoms with Crippen LogP contribution >= 0.6 is 0 Å². The lowest BCUT2D eigenvalue weighted by atomic mass is 9.92. The Kier molecular flexibility index (Phi) is 9.19. The molecule has 0 aliphatic heterocycles. The molecule has 4 aromatic carbocycles. The zero-order valence-corrected chi connectivity index (χ0v) is 25.0. The van der Waals surface area contributed by atoms with Crippen LogP contribution in [0.5, 0.6) is 17.4 Å². The Hall–Kier alpha value is -5.70. The number of aromatic nitrogens is 1. The van der Waals surface area contributed by atoms with Crippen molar-refractivity contribution in [3.05, 3.63) is 126 Å². The molecule has 1 fully saturated rings. The third-order valence-corrected chi connectivity index (χ3v) is 7.99. The normalized spacial score (nSPS) is 15.9. The predicted octanol–water partition coefficient (Wildman–Crippen LogP) is 7.03. The number of hydrogen-bond acceptors (Lipinski definition) is 6. The smallest absolute Gasteiger partial charge is 0.337 e. The van der Waals surface area contributed by atoms with Crippen LogP contribution in [0, 0.1) is 0 Å². The molecule has 0 spiro atoms. The van der Waals surface area contributed by atoms with Gasteiger partial charge in [-0.15, -0.1) is 0 Å². The van der Waals surface area contributed by atoms with Gasteiger partial charge < -0.3 is 25.2 Å². The second-order valence-corrected chi connectivity index (χ2v) is 11.2. The Bertz CT molecular complexity index is 1840. The highest BCUT2D eigenvalue weighted by Gasteiger charge is 2.24. The fourth-order valence-electron chi connectivity index (χ4n) is 5.65. The third kappa shape index (κ3) is 7.50. The van der Waals surface area contributed by atoms with Crippen molar-refractivity contribution in [1.29, 1.82) is 0 Å². The summed E-state index contributed by atoms with van der Waals surface area (Å²) in [5.41, 5.74) is 1.63. The second-order valence-electron chi connectivity index (χ2n) is 11.2. The van der Waals surface area contributed by atoms with Gasteiger partial charge in [0.2, 0.25) is 11.8 Å². The fraction of sp³-hybridized carbons (Fsp3) is 0.189. The highest BCUT2D eigenvalue weighted by molar-refractivity contribution is 6.07. The number of carboxylic acids is 1. The number of amides is 2. The number of carbonyl (C=O) groups excluding carboxylic acids is 2. The topological polar surface area (TPSA) is 127 Å².